The minimum absolute atomic E-state index is 0.00429. The normalized spacial score (nSPS) is 11.6. The van der Waals surface area contributed by atoms with Gasteiger partial charge in [-0.15, -0.1) is 0 Å². The van der Waals surface area contributed by atoms with Crippen LogP contribution in [-0.2, 0) is 16.6 Å². The predicted octanol–water partition coefficient (Wildman–Crippen LogP) is 3.45. The number of rotatable bonds is 8. The maximum absolute atomic E-state index is 13.1. The van der Waals surface area contributed by atoms with Crippen molar-refractivity contribution in [2.75, 3.05) is 26.0 Å². The standard InChI is InChI=1S/C23H28N4O4S/c1-6-31-20-13-12-19(14-21(20)32(29,30)26(4)5)24-23(28)22-16(2)25-27(17(22)3)15-18-10-8-7-9-11-18/h7-14H,6,15H2,1-5H3,(H,24,28). The molecule has 3 rings (SSSR count). The number of carbonyl (C=O) groups excluding carboxylic acids is 1. The Bertz CT molecular complexity index is 1220. The van der Waals surface area contributed by atoms with E-state index in [-0.39, 0.29) is 16.6 Å². The Balaban J connectivity index is 1.91. The number of sulfonamides is 1. The molecule has 2 aromatic carbocycles. The summed E-state index contributed by atoms with van der Waals surface area (Å²) in [6.07, 6.45) is 0. The van der Waals surface area contributed by atoms with Crippen LogP contribution in [0.25, 0.3) is 0 Å². The summed E-state index contributed by atoms with van der Waals surface area (Å²) in [6.45, 7) is 6.28. The third-order valence-corrected chi connectivity index (χ3v) is 6.88. The molecule has 170 valence electrons. The Morgan fingerprint density at radius 3 is 2.44 bits per heavy atom. The van der Waals surface area contributed by atoms with Crippen molar-refractivity contribution in [2.24, 2.45) is 0 Å². The molecule has 0 saturated heterocycles. The van der Waals surface area contributed by atoms with Crippen molar-refractivity contribution < 1.29 is 17.9 Å². The fraction of sp³-hybridized carbons (Fsp3) is 0.304. The van der Waals surface area contributed by atoms with Gasteiger partial charge in [-0.1, -0.05) is 30.3 Å². The third kappa shape index (κ3) is 4.84. The van der Waals surface area contributed by atoms with Gasteiger partial charge in [0.2, 0.25) is 10.0 Å². The fourth-order valence-electron chi connectivity index (χ4n) is 3.39. The highest BCUT2D eigenvalue weighted by Crippen LogP contribution is 2.29. The number of nitrogens with one attached hydrogen (secondary N) is 1. The molecular weight excluding hydrogens is 428 g/mol. The summed E-state index contributed by atoms with van der Waals surface area (Å²) in [4.78, 5) is 13.1. The summed E-state index contributed by atoms with van der Waals surface area (Å²) in [5.74, 6) is -0.112. The van der Waals surface area contributed by atoms with Gasteiger partial charge in [-0.3, -0.25) is 9.48 Å². The van der Waals surface area contributed by atoms with Crippen molar-refractivity contribution in [1.82, 2.24) is 14.1 Å². The summed E-state index contributed by atoms with van der Waals surface area (Å²) in [5.41, 5.74) is 3.23. The molecule has 0 aliphatic heterocycles. The van der Waals surface area contributed by atoms with Gasteiger partial charge in [0.25, 0.3) is 5.91 Å². The van der Waals surface area contributed by atoms with Crippen LogP contribution < -0.4 is 10.1 Å². The topological polar surface area (TPSA) is 93.5 Å². The summed E-state index contributed by atoms with van der Waals surface area (Å²) in [7, 11) is -0.862. The second-order valence-electron chi connectivity index (χ2n) is 7.53. The van der Waals surface area contributed by atoms with Crippen LogP contribution in [0.1, 0.15) is 34.2 Å². The van der Waals surface area contributed by atoms with Crippen LogP contribution in [-0.4, -0.2) is 49.1 Å². The third-order valence-electron chi connectivity index (χ3n) is 5.04. The van der Waals surface area contributed by atoms with Gasteiger partial charge in [0.15, 0.2) is 0 Å². The Morgan fingerprint density at radius 2 is 1.81 bits per heavy atom. The van der Waals surface area contributed by atoms with Crippen LogP contribution >= 0.6 is 0 Å². The zero-order valence-corrected chi connectivity index (χ0v) is 19.7. The maximum atomic E-state index is 13.1. The van der Waals surface area contributed by atoms with Crippen molar-refractivity contribution in [2.45, 2.75) is 32.2 Å². The number of aromatic nitrogens is 2. The largest absolute Gasteiger partial charge is 0.492 e. The van der Waals surface area contributed by atoms with E-state index in [0.717, 1.165) is 15.6 Å². The molecule has 8 nitrogen and oxygen atoms in total. The van der Waals surface area contributed by atoms with E-state index in [0.29, 0.717) is 30.1 Å². The number of benzene rings is 2. The second-order valence-corrected chi connectivity index (χ2v) is 9.65. The van der Waals surface area contributed by atoms with Crippen molar-refractivity contribution in [3.05, 3.63) is 71.0 Å². The van der Waals surface area contributed by atoms with Crippen molar-refractivity contribution in [1.29, 1.82) is 0 Å². The Hall–Kier alpha value is -3.17. The number of amides is 1. The minimum Gasteiger partial charge on any atom is -0.492 e. The van der Waals surface area contributed by atoms with Crippen molar-refractivity contribution >= 4 is 21.6 Å². The lowest BCUT2D eigenvalue weighted by Crippen LogP contribution is -2.23. The van der Waals surface area contributed by atoms with Gasteiger partial charge >= 0.3 is 0 Å². The monoisotopic (exact) mass is 456 g/mol. The highest BCUT2D eigenvalue weighted by molar-refractivity contribution is 7.89. The average Bonchev–Trinajstić information content (AvgIpc) is 3.02. The molecule has 0 aliphatic rings. The first-order chi connectivity index (χ1) is 15.1. The first kappa shape index (κ1) is 23.5. The number of aryl methyl sites for hydroxylation is 1. The first-order valence-electron chi connectivity index (χ1n) is 10.2. The molecule has 0 spiro atoms. The van der Waals surface area contributed by atoms with E-state index in [1.807, 2.05) is 37.3 Å². The maximum Gasteiger partial charge on any atom is 0.259 e. The van der Waals surface area contributed by atoms with Gasteiger partial charge in [0.05, 0.1) is 24.4 Å². The average molecular weight is 457 g/mol. The smallest absolute Gasteiger partial charge is 0.259 e. The predicted molar refractivity (Wildman–Crippen MR) is 124 cm³/mol. The molecule has 3 aromatic rings. The van der Waals surface area contributed by atoms with Crippen LogP contribution in [0.15, 0.2) is 53.4 Å². The SMILES string of the molecule is CCOc1ccc(NC(=O)c2c(C)nn(Cc3ccccc3)c2C)cc1S(=O)(=O)N(C)C. The molecule has 1 amide bonds. The molecule has 0 bridgehead atoms. The van der Waals surface area contributed by atoms with E-state index in [9.17, 15) is 13.2 Å². The Labute approximate surface area is 188 Å². The molecule has 0 unspecified atom stereocenters. The van der Waals surface area contributed by atoms with E-state index in [4.69, 9.17) is 4.74 Å². The molecule has 1 N–H and O–H groups in total. The Morgan fingerprint density at radius 1 is 1.12 bits per heavy atom. The van der Waals surface area contributed by atoms with Crippen LogP contribution in [0.2, 0.25) is 0 Å². The number of nitrogens with zero attached hydrogens (tertiary/aromatic N) is 3. The van der Waals surface area contributed by atoms with Crippen LogP contribution in [0.5, 0.6) is 5.75 Å². The zero-order valence-electron chi connectivity index (χ0n) is 18.9. The molecule has 32 heavy (non-hydrogen) atoms. The number of ether oxygens (including phenoxy) is 1. The molecule has 1 heterocycles. The summed E-state index contributed by atoms with van der Waals surface area (Å²) >= 11 is 0. The second kappa shape index (κ2) is 9.54. The quantitative estimate of drug-likeness (QED) is 0.560. The van der Waals surface area contributed by atoms with E-state index < -0.39 is 10.0 Å². The molecule has 0 atom stereocenters. The van der Waals surface area contributed by atoms with Gasteiger partial charge in [0, 0.05) is 25.5 Å². The van der Waals surface area contributed by atoms with Crippen LogP contribution in [0.3, 0.4) is 0 Å². The number of anilines is 1. The van der Waals surface area contributed by atoms with Crippen molar-refractivity contribution in [3.63, 3.8) is 0 Å². The lowest BCUT2D eigenvalue weighted by Gasteiger charge is -2.16. The molecule has 1 aromatic heterocycles. The lowest BCUT2D eigenvalue weighted by molar-refractivity contribution is 0.102. The van der Waals surface area contributed by atoms with Crippen LogP contribution in [0.4, 0.5) is 5.69 Å². The molecule has 0 radical (unpaired) electrons. The van der Waals surface area contributed by atoms with Gasteiger partial charge < -0.3 is 10.1 Å². The highest BCUT2D eigenvalue weighted by atomic mass is 32.2. The molecule has 0 fully saturated rings. The molecule has 9 heteroatoms. The summed E-state index contributed by atoms with van der Waals surface area (Å²) in [6, 6.07) is 14.5. The fourth-order valence-corrected chi connectivity index (χ4v) is 4.44. The van der Waals surface area contributed by atoms with E-state index >= 15 is 0 Å². The zero-order chi connectivity index (χ0) is 23.5. The molecular formula is C23H28N4O4S. The van der Waals surface area contributed by atoms with Gasteiger partial charge in [-0.05, 0) is 44.5 Å². The molecule has 0 aliphatic carbocycles. The first-order valence-corrected chi connectivity index (χ1v) is 11.7. The minimum atomic E-state index is -3.76. The number of hydrogen-bond donors (Lipinski definition) is 1. The van der Waals surface area contributed by atoms with E-state index in [1.54, 1.807) is 30.7 Å². The van der Waals surface area contributed by atoms with Gasteiger partial charge in [0.1, 0.15) is 10.6 Å². The Kier molecular flexibility index (Phi) is 7.00. The summed E-state index contributed by atoms with van der Waals surface area (Å²) < 4.78 is 33.9. The van der Waals surface area contributed by atoms with Crippen molar-refractivity contribution in [3.8, 4) is 5.75 Å². The van der Waals surface area contributed by atoms with Gasteiger partial charge in [-0.25, -0.2) is 12.7 Å². The number of hydrogen-bond acceptors (Lipinski definition) is 5. The molecule has 0 saturated carbocycles. The van der Waals surface area contributed by atoms with Crippen LogP contribution in [0, 0.1) is 13.8 Å². The summed E-state index contributed by atoms with van der Waals surface area (Å²) in [5, 5.41) is 7.33. The van der Waals surface area contributed by atoms with E-state index in [2.05, 4.69) is 10.4 Å². The highest BCUT2D eigenvalue weighted by Gasteiger charge is 2.24. The van der Waals surface area contributed by atoms with Gasteiger partial charge in [-0.2, -0.15) is 5.10 Å². The number of carbonyl (C=O) groups is 1. The van der Waals surface area contributed by atoms with E-state index in [1.165, 1.54) is 20.2 Å². The lowest BCUT2D eigenvalue weighted by atomic mass is 10.1.